The maximum absolute atomic E-state index is 8.94. The van der Waals surface area contributed by atoms with E-state index >= 15 is 0 Å². The lowest BCUT2D eigenvalue weighted by Gasteiger charge is -2.11. The highest BCUT2D eigenvalue weighted by molar-refractivity contribution is 6.18. The van der Waals surface area contributed by atoms with Gasteiger partial charge in [0.15, 0.2) is 0 Å². The zero-order chi connectivity index (χ0) is 13.1. The Morgan fingerprint density at radius 1 is 0.737 bits per heavy atom. The molecule has 0 spiro atoms. The minimum Gasteiger partial charge on any atom is -0.538 e. The van der Waals surface area contributed by atoms with Crippen LogP contribution in [0.4, 0.5) is 0 Å². The van der Waals surface area contributed by atoms with E-state index in [0.717, 1.165) is 10.8 Å². The summed E-state index contributed by atoms with van der Waals surface area (Å²) in [4.78, 5) is 0. The van der Waals surface area contributed by atoms with E-state index in [-0.39, 0.29) is 7.69 Å². The summed E-state index contributed by atoms with van der Waals surface area (Å²) in [6.07, 6.45) is 0. The molecule has 0 atom stereocenters. The summed E-state index contributed by atoms with van der Waals surface area (Å²) in [6, 6.07) is 22.2. The first-order chi connectivity index (χ1) is 9.40. The minimum atomic E-state index is -0.311. The van der Waals surface area contributed by atoms with Crippen molar-refractivity contribution in [3.05, 3.63) is 66.7 Å². The molecule has 0 bridgehead atoms. The van der Waals surface area contributed by atoms with Crippen LogP contribution in [0.2, 0.25) is 0 Å². The largest absolute Gasteiger partial charge is 0.538 e. The van der Waals surface area contributed by atoms with Gasteiger partial charge in [-0.3, -0.25) is 0 Å². The summed E-state index contributed by atoms with van der Waals surface area (Å²) in [6.45, 7) is 0. The number of rotatable bonds is 3. The summed E-state index contributed by atoms with van der Waals surface area (Å²) >= 11 is 0. The zero-order valence-corrected chi connectivity index (χ0v) is 10.4. The Morgan fingerprint density at radius 3 is 2.16 bits per heavy atom. The highest BCUT2D eigenvalue weighted by Gasteiger charge is 2.07. The SMILES string of the molecule is OBOc1ccc(-c2ccccc2)c2ccccc12. The van der Waals surface area contributed by atoms with Crippen molar-refractivity contribution in [3.8, 4) is 16.9 Å². The lowest BCUT2D eigenvalue weighted by atomic mass is 9.97. The second-order valence-corrected chi connectivity index (χ2v) is 4.30. The molecule has 0 aromatic heterocycles. The van der Waals surface area contributed by atoms with Gasteiger partial charge in [0.25, 0.3) is 0 Å². The summed E-state index contributed by atoms with van der Waals surface area (Å²) in [5, 5.41) is 11.1. The molecule has 19 heavy (non-hydrogen) atoms. The molecule has 0 saturated heterocycles. The van der Waals surface area contributed by atoms with E-state index in [4.69, 9.17) is 9.68 Å². The Hall–Kier alpha value is -2.26. The quantitative estimate of drug-likeness (QED) is 0.721. The molecule has 92 valence electrons. The van der Waals surface area contributed by atoms with Crippen LogP contribution < -0.4 is 4.65 Å². The summed E-state index contributed by atoms with van der Waals surface area (Å²) in [5.74, 6) is 0.706. The van der Waals surface area contributed by atoms with E-state index < -0.39 is 0 Å². The van der Waals surface area contributed by atoms with Crippen LogP contribution in [0.1, 0.15) is 0 Å². The Bertz CT molecular complexity index is 695. The predicted octanol–water partition coefficient (Wildman–Crippen LogP) is 3.14. The van der Waals surface area contributed by atoms with Gasteiger partial charge < -0.3 is 9.68 Å². The van der Waals surface area contributed by atoms with E-state index in [1.165, 1.54) is 11.1 Å². The average Bonchev–Trinajstić information content (AvgIpc) is 2.49. The van der Waals surface area contributed by atoms with Crippen LogP contribution in [-0.2, 0) is 0 Å². The summed E-state index contributed by atoms with van der Waals surface area (Å²) in [7, 11) is -0.311. The van der Waals surface area contributed by atoms with Gasteiger partial charge in [-0.25, -0.2) is 0 Å². The fourth-order valence-electron chi connectivity index (χ4n) is 2.34. The van der Waals surface area contributed by atoms with Gasteiger partial charge in [0, 0.05) is 5.39 Å². The standard InChI is InChI=1S/C16H13BO2/c18-17-19-16-11-10-13(12-6-2-1-3-7-12)14-8-4-5-9-15(14)16/h1-11,17-18H. The molecule has 1 N–H and O–H groups in total. The molecule has 0 amide bonds. The molecule has 0 heterocycles. The molecule has 3 aromatic carbocycles. The molecule has 3 rings (SSSR count). The first kappa shape index (κ1) is 11.8. The van der Waals surface area contributed by atoms with Crippen molar-refractivity contribution in [1.82, 2.24) is 0 Å². The number of hydrogen-bond acceptors (Lipinski definition) is 2. The van der Waals surface area contributed by atoms with E-state index in [1.807, 2.05) is 48.5 Å². The molecule has 0 radical (unpaired) electrons. The monoisotopic (exact) mass is 248 g/mol. The third kappa shape index (κ3) is 2.20. The number of benzene rings is 3. The first-order valence-electron chi connectivity index (χ1n) is 6.21. The van der Waals surface area contributed by atoms with Gasteiger partial charge >= 0.3 is 7.69 Å². The van der Waals surface area contributed by atoms with Crippen molar-refractivity contribution in [2.75, 3.05) is 0 Å². The van der Waals surface area contributed by atoms with Crippen molar-refractivity contribution >= 4 is 18.5 Å². The highest BCUT2D eigenvalue weighted by atomic mass is 16.5. The van der Waals surface area contributed by atoms with Gasteiger partial charge in [0.1, 0.15) is 5.75 Å². The van der Waals surface area contributed by atoms with Gasteiger partial charge in [0.05, 0.1) is 0 Å². The van der Waals surface area contributed by atoms with Crippen LogP contribution in [0, 0.1) is 0 Å². The normalized spacial score (nSPS) is 10.4. The molecule has 0 aliphatic carbocycles. The Kier molecular flexibility index (Phi) is 3.21. The maximum atomic E-state index is 8.94. The van der Waals surface area contributed by atoms with Crippen LogP contribution in [0.5, 0.6) is 5.75 Å². The Balaban J connectivity index is 2.25. The van der Waals surface area contributed by atoms with Gasteiger partial charge in [0.2, 0.25) is 0 Å². The fourth-order valence-corrected chi connectivity index (χ4v) is 2.34. The summed E-state index contributed by atoms with van der Waals surface area (Å²) < 4.78 is 5.27. The topological polar surface area (TPSA) is 29.5 Å². The van der Waals surface area contributed by atoms with Crippen LogP contribution >= 0.6 is 0 Å². The van der Waals surface area contributed by atoms with Crippen LogP contribution in [-0.4, -0.2) is 12.7 Å². The molecule has 0 unspecified atom stereocenters. The molecule has 0 fully saturated rings. The first-order valence-corrected chi connectivity index (χ1v) is 6.21. The second kappa shape index (κ2) is 5.16. The number of hydrogen-bond donors (Lipinski definition) is 1. The van der Waals surface area contributed by atoms with Crippen molar-refractivity contribution < 1.29 is 9.68 Å². The van der Waals surface area contributed by atoms with Crippen molar-refractivity contribution in [2.24, 2.45) is 0 Å². The molecular weight excluding hydrogens is 235 g/mol. The fraction of sp³-hybridized carbons (Fsp3) is 0. The lowest BCUT2D eigenvalue weighted by Crippen LogP contribution is -2.00. The minimum absolute atomic E-state index is 0.311. The highest BCUT2D eigenvalue weighted by Crippen LogP contribution is 2.34. The van der Waals surface area contributed by atoms with E-state index in [9.17, 15) is 0 Å². The molecule has 3 heteroatoms. The number of fused-ring (bicyclic) bond motifs is 1. The predicted molar refractivity (Wildman–Crippen MR) is 79.4 cm³/mol. The van der Waals surface area contributed by atoms with E-state index in [1.54, 1.807) is 0 Å². The third-order valence-electron chi connectivity index (χ3n) is 3.19. The Labute approximate surface area is 112 Å². The third-order valence-corrected chi connectivity index (χ3v) is 3.19. The van der Waals surface area contributed by atoms with Gasteiger partial charge in [-0.2, -0.15) is 0 Å². The van der Waals surface area contributed by atoms with Crippen molar-refractivity contribution in [3.63, 3.8) is 0 Å². The molecule has 2 nitrogen and oxygen atoms in total. The second-order valence-electron chi connectivity index (χ2n) is 4.30. The zero-order valence-electron chi connectivity index (χ0n) is 10.4. The van der Waals surface area contributed by atoms with E-state index in [2.05, 4.69) is 18.2 Å². The van der Waals surface area contributed by atoms with Crippen molar-refractivity contribution in [1.29, 1.82) is 0 Å². The van der Waals surface area contributed by atoms with Crippen LogP contribution in [0.3, 0.4) is 0 Å². The van der Waals surface area contributed by atoms with Crippen molar-refractivity contribution in [2.45, 2.75) is 0 Å². The molecule has 0 aliphatic rings. The maximum Gasteiger partial charge on any atom is 0.504 e. The molecule has 3 aromatic rings. The smallest absolute Gasteiger partial charge is 0.504 e. The van der Waals surface area contributed by atoms with Gasteiger partial charge in [-0.1, -0.05) is 60.7 Å². The summed E-state index contributed by atoms with van der Waals surface area (Å²) in [5.41, 5.74) is 2.34. The molecule has 0 aliphatic heterocycles. The van der Waals surface area contributed by atoms with E-state index in [0.29, 0.717) is 5.75 Å². The molecular formula is C16H13BO2. The van der Waals surface area contributed by atoms with Gasteiger partial charge in [-0.05, 0) is 22.6 Å². The van der Waals surface area contributed by atoms with Crippen LogP contribution in [0.15, 0.2) is 66.7 Å². The average molecular weight is 248 g/mol. The Morgan fingerprint density at radius 2 is 1.42 bits per heavy atom. The molecule has 0 saturated carbocycles. The van der Waals surface area contributed by atoms with Crippen LogP contribution in [0.25, 0.3) is 21.9 Å². The van der Waals surface area contributed by atoms with Gasteiger partial charge in [-0.15, -0.1) is 0 Å². The lowest BCUT2D eigenvalue weighted by molar-refractivity contribution is 0.457.